The van der Waals surface area contributed by atoms with Crippen molar-refractivity contribution in [1.82, 2.24) is 15.3 Å². The van der Waals surface area contributed by atoms with Gasteiger partial charge in [0.2, 0.25) is 5.95 Å². The molecule has 1 heterocycles. The smallest absolute Gasteiger partial charge is 0.282 e. The Labute approximate surface area is 179 Å². The van der Waals surface area contributed by atoms with Crippen LogP contribution >= 0.6 is 0 Å². The lowest BCUT2D eigenvalue weighted by molar-refractivity contribution is 0.583. The minimum absolute atomic E-state index is 0.0391. The highest BCUT2D eigenvalue weighted by Crippen LogP contribution is 2.19. The van der Waals surface area contributed by atoms with Gasteiger partial charge in [0, 0.05) is 24.0 Å². The summed E-state index contributed by atoms with van der Waals surface area (Å²) in [6, 6.07) is 12.2. The predicted octanol–water partition coefficient (Wildman–Crippen LogP) is 2.78. The Morgan fingerprint density at radius 3 is 2.74 bits per heavy atom. The molecule has 8 nitrogen and oxygen atoms in total. The number of aryl methyl sites for hydroxylation is 1. The number of aromatic nitrogens is 2. The summed E-state index contributed by atoms with van der Waals surface area (Å²) in [7, 11) is 0. The molecule has 7 N–H and O–H groups in total. The largest absolute Gasteiger partial charge is 0.331 e. The fourth-order valence-electron chi connectivity index (χ4n) is 2.97. The molecule has 0 atom stereocenters. The van der Waals surface area contributed by atoms with Crippen molar-refractivity contribution in [3.63, 3.8) is 0 Å². The van der Waals surface area contributed by atoms with Gasteiger partial charge in [-0.3, -0.25) is 15.5 Å². The molecule has 0 fully saturated rings. The van der Waals surface area contributed by atoms with Gasteiger partial charge in [-0.1, -0.05) is 30.3 Å². The molecule has 0 radical (unpaired) electrons. The highest BCUT2D eigenvalue weighted by Gasteiger charge is 2.10. The standard InChI is InChI=1S/C22H26FN7O/c1-14-5-2-3-6-19(14)28-21(25)30-22-27-13-17(20(31)29-22)15-7-8-16(18(23)11-15)12-26-10-4-9-24/h2-3,5-8,11,13,26H,4,9-10,12,24H2,1H3,(H4,25,27,28,29,30,31). The van der Waals surface area contributed by atoms with Crippen LogP contribution in [-0.4, -0.2) is 29.0 Å². The molecule has 3 rings (SSSR count). The van der Waals surface area contributed by atoms with Gasteiger partial charge < -0.3 is 21.4 Å². The number of hydrogen-bond acceptors (Lipinski definition) is 5. The first-order chi connectivity index (χ1) is 15.0. The Morgan fingerprint density at radius 2 is 2.03 bits per heavy atom. The molecular formula is C22H26FN7O. The quantitative estimate of drug-likeness (QED) is 0.188. The van der Waals surface area contributed by atoms with Crippen molar-refractivity contribution in [2.75, 3.05) is 23.7 Å². The molecule has 0 aliphatic heterocycles. The van der Waals surface area contributed by atoms with Crippen LogP contribution in [0, 0.1) is 18.2 Å². The number of hydrogen-bond donors (Lipinski definition) is 6. The molecule has 0 aliphatic carbocycles. The number of nitrogens with one attached hydrogen (secondary N) is 5. The molecule has 31 heavy (non-hydrogen) atoms. The number of anilines is 2. The van der Waals surface area contributed by atoms with E-state index < -0.39 is 11.4 Å². The number of nitrogens with zero attached hydrogens (tertiary/aromatic N) is 1. The first-order valence-corrected chi connectivity index (χ1v) is 9.95. The monoisotopic (exact) mass is 423 g/mol. The Balaban J connectivity index is 1.68. The maximum absolute atomic E-state index is 14.4. The van der Waals surface area contributed by atoms with Crippen molar-refractivity contribution in [2.24, 2.45) is 5.73 Å². The van der Waals surface area contributed by atoms with E-state index in [0.29, 0.717) is 30.8 Å². The molecule has 2 aromatic carbocycles. The highest BCUT2D eigenvalue weighted by molar-refractivity contribution is 6.00. The first-order valence-electron chi connectivity index (χ1n) is 9.95. The van der Waals surface area contributed by atoms with Gasteiger partial charge in [0.05, 0.1) is 5.56 Å². The van der Waals surface area contributed by atoms with Crippen molar-refractivity contribution in [3.05, 3.63) is 76.0 Å². The van der Waals surface area contributed by atoms with Gasteiger partial charge in [-0.25, -0.2) is 4.39 Å². The molecule has 0 bridgehead atoms. The van der Waals surface area contributed by atoms with E-state index in [1.54, 1.807) is 12.1 Å². The summed E-state index contributed by atoms with van der Waals surface area (Å²) in [4.78, 5) is 19.2. The molecule has 0 amide bonds. The first kappa shape index (κ1) is 22.1. The Morgan fingerprint density at radius 1 is 1.23 bits per heavy atom. The van der Waals surface area contributed by atoms with E-state index in [4.69, 9.17) is 11.1 Å². The molecular weight excluding hydrogens is 397 g/mol. The van der Waals surface area contributed by atoms with E-state index >= 15 is 0 Å². The summed E-state index contributed by atoms with van der Waals surface area (Å²) < 4.78 is 14.4. The molecule has 162 valence electrons. The van der Waals surface area contributed by atoms with Crippen LogP contribution in [0.2, 0.25) is 0 Å². The summed E-state index contributed by atoms with van der Waals surface area (Å²) in [5, 5.41) is 16.8. The predicted molar refractivity (Wildman–Crippen MR) is 122 cm³/mol. The van der Waals surface area contributed by atoms with E-state index in [9.17, 15) is 9.18 Å². The number of guanidine groups is 1. The maximum Gasteiger partial charge on any atom is 0.282 e. The molecule has 9 heteroatoms. The van der Waals surface area contributed by atoms with Crippen molar-refractivity contribution >= 4 is 17.6 Å². The Kier molecular flexibility index (Phi) is 7.47. The molecule has 0 aliphatic rings. The van der Waals surface area contributed by atoms with Crippen LogP contribution in [-0.2, 0) is 6.54 Å². The SMILES string of the molecule is Cc1ccccc1NC(=N)Nc1nc(=O)c(-c2ccc(CNCCCN)c(F)c2)c[nH]1. The van der Waals surface area contributed by atoms with Crippen LogP contribution < -0.4 is 27.2 Å². The summed E-state index contributed by atoms with van der Waals surface area (Å²) in [5.74, 6) is -0.327. The van der Waals surface area contributed by atoms with E-state index in [0.717, 1.165) is 17.7 Å². The van der Waals surface area contributed by atoms with Gasteiger partial charge in [-0.15, -0.1) is 0 Å². The maximum atomic E-state index is 14.4. The van der Waals surface area contributed by atoms with E-state index in [1.807, 2.05) is 31.2 Å². The minimum Gasteiger partial charge on any atom is -0.331 e. The zero-order valence-corrected chi connectivity index (χ0v) is 17.3. The zero-order chi connectivity index (χ0) is 22.2. The molecule has 1 aromatic heterocycles. The third-order valence-corrected chi connectivity index (χ3v) is 4.68. The van der Waals surface area contributed by atoms with E-state index in [2.05, 4.69) is 25.9 Å². The van der Waals surface area contributed by atoms with Gasteiger partial charge in [-0.2, -0.15) is 4.98 Å². The van der Waals surface area contributed by atoms with Crippen LogP contribution in [0.5, 0.6) is 0 Å². The minimum atomic E-state index is -0.529. The fourth-order valence-corrected chi connectivity index (χ4v) is 2.97. The van der Waals surface area contributed by atoms with E-state index in [-0.39, 0.29) is 17.5 Å². The molecule has 0 unspecified atom stereocenters. The van der Waals surface area contributed by atoms with Crippen molar-refractivity contribution < 1.29 is 4.39 Å². The van der Waals surface area contributed by atoms with Crippen LogP contribution in [0.25, 0.3) is 11.1 Å². The second-order valence-corrected chi connectivity index (χ2v) is 7.03. The lowest BCUT2D eigenvalue weighted by Gasteiger charge is -2.12. The van der Waals surface area contributed by atoms with Crippen molar-refractivity contribution in [3.8, 4) is 11.1 Å². The van der Waals surface area contributed by atoms with Gasteiger partial charge in [0.15, 0.2) is 5.96 Å². The number of para-hydroxylation sites is 1. The Hall–Kier alpha value is -3.56. The van der Waals surface area contributed by atoms with Crippen molar-refractivity contribution in [1.29, 1.82) is 5.41 Å². The second-order valence-electron chi connectivity index (χ2n) is 7.03. The number of aromatic amines is 1. The van der Waals surface area contributed by atoms with Crippen LogP contribution in [0.15, 0.2) is 53.5 Å². The third kappa shape index (κ3) is 5.97. The Bertz CT molecular complexity index is 1110. The number of nitrogens with two attached hydrogens (primary N) is 1. The lowest BCUT2D eigenvalue weighted by Crippen LogP contribution is -2.24. The van der Waals surface area contributed by atoms with Crippen LogP contribution in [0.4, 0.5) is 16.0 Å². The highest BCUT2D eigenvalue weighted by atomic mass is 19.1. The van der Waals surface area contributed by atoms with E-state index in [1.165, 1.54) is 12.3 Å². The number of H-pyrrole nitrogens is 1. The third-order valence-electron chi connectivity index (χ3n) is 4.68. The number of rotatable bonds is 8. The fraction of sp³-hybridized carbons (Fsp3) is 0.227. The average molecular weight is 423 g/mol. The average Bonchev–Trinajstić information content (AvgIpc) is 2.74. The van der Waals surface area contributed by atoms with Gasteiger partial charge >= 0.3 is 0 Å². The zero-order valence-electron chi connectivity index (χ0n) is 17.3. The molecule has 0 saturated heterocycles. The van der Waals surface area contributed by atoms with Gasteiger partial charge in [0.25, 0.3) is 5.56 Å². The number of benzene rings is 2. The molecule has 0 saturated carbocycles. The summed E-state index contributed by atoms with van der Waals surface area (Å²) in [6.45, 7) is 3.60. The lowest BCUT2D eigenvalue weighted by atomic mass is 10.1. The summed E-state index contributed by atoms with van der Waals surface area (Å²) in [5.41, 5.74) is 7.84. The van der Waals surface area contributed by atoms with Crippen LogP contribution in [0.1, 0.15) is 17.5 Å². The molecule has 0 spiro atoms. The van der Waals surface area contributed by atoms with Crippen LogP contribution in [0.3, 0.4) is 0 Å². The summed E-state index contributed by atoms with van der Waals surface area (Å²) >= 11 is 0. The van der Waals surface area contributed by atoms with Gasteiger partial charge in [0.1, 0.15) is 5.82 Å². The molecule has 3 aromatic rings. The van der Waals surface area contributed by atoms with Crippen molar-refractivity contribution in [2.45, 2.75) is 19.9 Å². The topological polar surface area (TPSA) is 132 Å². The summed E-state index contributed by atoms with van der Waals surface area (Å²) in [6.07, 6.45) is 2.27. The second kappa shape index (κ2) is 10.5. The normalized spacial score (nSPS) is 10.7. The number of halogens is 1. The van der Waals surface area contributed by atoms with Gasteiger partial charge in [-0.05, 0) is 49.7 Å².